The van der Waals surface area contributed by atoms with Crippen LogP contribution in [0.25, 0.3) is 0 Å². The Labute approximate surface area is 112 Å². The lowest BCUT2D eigenvalue weighted by molar-refractivity contribution is 0.0933. The SMILES string of the molecule is COCCN(CCO)CCC(=O)c1cccc(F)c1. The Hall–Kier alpha value is -1.30. The minimum atomic E-state index is -0.405. The van der Waals surface area contributed by atoms with E-state index in [2.05, 4.69) is 0 Å². The molecular weight excluding hydrogens is 249 g/mol. The highest BCUT2D eigenvalue weighted by Crippen LogP contribution is 2.07. The van der Waals surface area contributed by atoms with Crippen molar-refractivity contribution in [2.45, 2.75) is 6.42 Å². The average Bonchev–Trinajstić information content (AvgIpc) is 2.41. The Bertz CT molecular complexity index is 398. The maximum absolute atomic E-state index is 13.0. The topological polar surface area (TPSA) is 49.8 Å². The van der Waals surface area contributed by atoms with Crippen LogP contribution >= 0.6 is 0 Å². The van der Waals surface area contributed by atoms with Gasteiger partial charge in [-0.3, -0.25) is 9.69 Å². The molecule has 0 radical (unpaired) electrons. The maximum atomic E-state index is 13.0. The quantitative estimate of drug-likeness (QED) is 0.687. The van der Waals surface area contributed by atoms with Crippen LogP contribution in [-0.4, -0.2) is 55.7 Å². The van der Waals surface area contributed by atoms with Crippen molar-refractivity contribution in [2.24, 2.45) is 0 Å². The Morgan fingerprint density at radius 1 is 1.37 bits per heavy atom. The van der Waals surface area contributed by atoms with Gasteiger partial charge in [0.25, 0.3) is 0 Å². The summed E-state index contributed by atoms with van der Waals surface area (Å²) in [6.45, 7) is 2.28. The monoisotopic (exact) mass is 269 g/mol. The summed E-state index contributed by atoms with van der Waals surface area (Å²) in [6.07, 6.45) is 0.299. The van der Waals surface area contributed by atoms with Crippen molar-refractivity contribution in [2.75, 3.05) is 40.0 Å². The lowest BCUT2D eigenvalue weighted by Gasteiger charge is -2.20. The van der Waals surface area contributed by atoms with Gasteiger partial charge in [-0.2, -0.15) is 0 Å². The van der Waals surface area contributed by atoms with Crippen LogP contribution in [0.3, 0.4) is 0 Å². The van der Waals surface area contributed by atoms with Crippen molar-refractivity contribution in [3.05, 3.63) is 35.6 Å². The third kappa shape index (κ3) is 5.92. The van der Waals surface area contributed by atoms with Gasteiger partial charge >= 0.3 is 0 Å². The summed E-state index contributed by atoms with van der Waals surface area (Å²) in [5, 5.41) is 8.94. The molecule has 0 amide bonds. The van der Waals surface area contributed by atoms with E-state index in [1.165, 1.54) is 18.2 Å². The van der Waals surface area contributed by atoms with E-state index in [9.17, 15) is 9.18 Å². The highest BCUT2D eigenvalue weighted by Gasteiger charge is 2.10. The lowest BCUT2D eigenvalue weighted by atomic mass is 10.1. The Balaban J connectivity index is 2.46. The minimum Gasteiger partial charge on any atom is -0.395 e. The van der Waals surface area contributed by atoms with Crippen LogP contribution in [0, 0.1) is 5.82 Å². The van der Waals surface area contributed by atoms with Gasteiger partial charge in [0.2, 0.25) is 0 Å². The van der Waals surface area contributed by atoms with Gasteiger partial charge in [0.05, 0.1) is 13.2 Å². The number of aliphatic hydroxyl groups is 1. The number of carbonyl (C=O) groups excluding carboxylic acids is 1. The number of ketones is 1. The van der Waals surface area contributed by atoms with Crippen LogP contribution < -0.4 is 0 Å². The van der Waals surface area contributed by atoms with E-state index in [4.69, 9.17) is 9.84 Å². The number of benzene rings is 1. The predicted octanol–water partition coefficient (Wildman–Crippen LogP) is 1.34. The van der Waals surface area contributed by atoms with Gasteiger partial charge in [-0.1, -0.05) is 12.1 Å². The molecule has 0 bridgehead atoms. The van der Waals surface area contributed by atoms with Crippen molar-refractivity contribution in [3.63, 3.8) is 0 Å². The Morgan fingerprint density at radius 2 is 2.16 bits per heavy atom. The summed E-state index contributed by atoms with van der Waals surface area (Å²) >= 11 is 0. The van der Waals surface area contributed by atoms with Gasteiger partial charge in [0.15, 0.2) is 5.78 Å². The maximum Gasteiger partial charge on any atom is 0.164 e. The van der Waals surface area contributed by atoms with E-state index in [-0.39, 0.29) is 12.4 Å². The van der Waals surface area contributed by atoms with Gasteiger partial charge in [-0.15, -0.1) is 0 Å². The molecule has 0 spiro atoms. The summed E-state index contributed by atoms with van der Waals surface area (Å²) < 4.78 is 18.0. The molecule has 0 saturated carbocycles. The van der Waals surface area contributed by atoms with E-state index in [1.54, 1.807) is 13.2 Å². The van der Waals surface area contributed by atoms with E-state index >= 15 is 0 Å². The van der Waals surface area contributed by atoms with Gasteiger partial charge in [-0.05, 0) is 12.1 Å². The van der Waals surface area contributed by atoms with Gasteiger partial charge < -0.3 is 9.84 Å². The molecule has 106 valence electrons. The second-order valence-electron chi connectivity index (χ2n) is 4.24. The van der Waals surface area contributed by atoms with Crippen LogP contribution in [0.15, 0.2) is 24.3 Å². The van der Waals surface area contributed by atoms with Crippen molar-refractivity contribution in [1.29, 1.82) is 0 Å². The average molecular weight is 269 g/mol. The molecule has 0 fully saturated rings. The summed E-state index contributed by atoms with van der Waals surface area (Å²) in [5.41, 5.74) is 0.385. The molecule has 4 nitrogen and oxygen atoms in total. The predicted molar refractivity (Wildman–Crippen MR) is 70.7 cm³/mol. The molecule has 0 aliphatic heterocycles. The summed E-state index contributed by atoms with van der Waals surface area (Å²) in [7, 11) is 1.61. The number of ether oxygens (including phenoxy) is 1. The van der Waals surface area contributed by atoms with Gasteiger partial charge in [0, 0.05) is 38.7 Å². The standard InChI is InChI=1S/C14H20FNO3/c1-19-10-8-16(7-9-17)6-5-14(18)12-3-2-4-13(15)11-12/h2-4,11,17H,5-10H2,1H3. The number of methoxy groups -OCH3 is 1. The molecule has 0 aliphatic carbocycles. The highest BCUT2D eigenvalue weighted by molar-refractivity contribution is 5.96. The van der Waals surface area contributed by atoms with Gasteiger partial charge in [0.1, 0.15) is 5.82 Å². The first-order valence-electron chi connectivity index (χ1n) is 6.28. The zero-order valence-corrected chi connectivity index (χ0v) is 11.1. The zero-order chi connectivity index (χ0) is 14.1. The molecule has 0 aromatic heterocycles. The van der Waals surface area contributed by atoms with Gasteiger partial charge in [-0.25, -0.2) is 4.39 Å². The number of carbonyl (C=O) groups is 1. The number of halogens is 1. The Morgan fingerprint density at radius 3 is 2.79 bits per heavy atom. The van der Waals surface area contributed by atoms with E-state index < -0.39 is 5.82 Å². The molecule has 0 atom stereocenters. The molecule has 0 aliphatic rings. The van der Waals surface area contributed by atoms with E-state index in [0.29, 0.717) is 38.2 Å². The molecule has 1 rings (SSSR count). The highest BCUT2D eigenvalue weighted by atomic mass is 19.1. The second kappa shape index (κ2) is 8.74. The van der Waals surface area contributed by atoms with Crippen molar-refractivity contribution < 1.29 is 19.0 Å². The van der Waals surface area contributed by atoms with Crippen molar-refractivity contribution in [3.8, 4) is 0 Å². The summed E-state index contributed by atoms with van der Waals surface area (Å²) in [6, 6.07) is 5.69. The number of aliphatic hydroxyl groups excluding tert-OH is 1. The molecule has 1 aromatic rings. The third-order valence-electron chi connectivity index (χ3n) is 2.83. The molecule has 0 saturated heterocycles. The van der Waals surface area contributed by atoms with E-state index in [0.717, 1.165) is 0 Å². The van der Waals surface area contributed by atoms with Crippen LogP contribution in [0.5, 0.6) is 0 Å². The number of hydrogen-bond donors (Lipinski definition) is 1. The zero-order valence-electron chi connectivity index (χ0n) is 11.1. The molecule has 19 heavy (non-hydrogen) atoms. The number of nitrogens with zero attached hydrogens (tertiary/aromatic N) is 1. The number of rotatable bonds is 9. The minimum absolute atomic E-state index is 0.0396. The number of hydrogen-bond acceptors (Lipinski definition) is 4. The molecule has 1 aromatic carbocycles. The molecule has 5 heteroatoms. The molecule has 0 unspecified atom stereocenters. The summed E-state index contributed by atoms with van der Waals surface area (Å²) in [4.78, 5) is 13.8. The fraction of sp³-hybridized carbons (Fsp3) is 0.500. The Kier molecular flexibility index (Phi) is 7.25. The first-order chi connectivity index (χ1) is 9.17. The van der Waals surface area contributed by atoms with Crippen LogP contribution in [0.1, 0.15) is 16.8 Å². The molecule has 1 N–H and O–H groups in total. The van der Waals surface area contributed by atoms with Crippen molar-refractivity contribution in [1.82, 2.24) is 4.90 Å². The van der Waals surface area contributed by atoms with Crippen LogP contribution in [0.4, 0.5) is 4.39 Å². The lowest BCUT2D eigenvalue weighted by Crippen LogP contribution is -2.32. The molecular formula is C14H20FNO3. The van der Waals surface area contributed by atoms with Crippen molar-refractivity contribution >= 4 is 5.78 Å². The third-order valence-corrected chi connectivity index (χ3v) is 2.83. The number of Topliss-reactive ketones (excluding diaryl/α,β-unsaturated/α-hetero) is 1. The van der Waals surface area contributed by atoms with Crippen LogP contribution in [0.2, 0.25) is 0 Å². The largest absolute Gasteiger partial charge is 0.395 e. The van der Waals surface area contributed by atoms with E-state index in [1.807, 2.05) is 4.90 Å². The van der Waals surface area contributed by atoms with Crippen LogP contribution in [-0.2, 0) is 4.74 Å². The first kappa shape index (κ1) is 15.8. The summed E-state index contributed by atoms with van der Waals surface area (Å²) in [5.74, 6) is -0.502. The fourth-order valence-electron chi connectivity index (χ4n) is 1.76. The molecule has 0 heterocycles. The first-order valence-corrected chi connectivity index (χ1v) is 6.28. The smallest absolute Gasteiger partial charge is 0.164 e. The second-order valence-corrected chi connectivity index (χ2v) is 4.24. The normalized spacial score (nSPS) is 10.9. The fourth-order valence-corrected chi connectivity index (χ4v) is 1.76.